The van der Waals surface area contributed by atoms with Gasteiger partial charge in [0.05, 0.1) is 10.2 Å². The minimum atomic E-state index is -0.0462. The van der Waals surface area contributed by atoms with Crippen LogP contribution in [-0.4, -0.2) is 10.5 Å². The predicted octanol–water partition coefficient (Wildman–Crippen LogP) is 5.15. The summed E-state index contributed by atoms with van der Waals surface area (Å²) >= 11 is 1.57. The highest BCUT2D eigenvalue weighted by Gasteiger charge is 2.40. The van der Waals surface area contributed by atoms with Gasteiger partial charge >= 0.3 is 0 Å². The van der Waals surface area contributed by atoms with Gasteiger partial charge in [-0.25, -0.2) is 4.98 Å². The first-order chi connectivity index (χ1) is 11.7. The fourth-order valence-corrected chi connectivity index (χ4v) is 4.10. The Morgan fingerprint density at radius 2 is 1.92 bits per heavy atom. The summed E-state index contributed by atoms with van der Waals surface area (Å²) in [6.07, 6.45) is 4.53. The molecule has 0 saturated heterocycles. The van der Waals surface area contributed by atoms with E-state index in [1.165, 1.54) is 18.4 Å². The molecule has 0 radical (unpaired) electrons. The van der Waals surface area contributed by atoms with Gasteiger partial charge < -0.3 is 10.5 Å². The molecule has 3 nitrogen and oxygen atoms in total. The Kier molecular flexibility index (Phi) is 4.02. The number of para-hydroxylation sites is 1. The molecule has 1 aliphatic rings. The third-order valence-electron chi connectivity index (χ3n) is 4.98. The van der Waals surface area contributed by atoms with E-state index < -0.39 is 0 Å². The van der Waals surface area contributed by atoms with Crippen molar-refractivity contribution in [3.8, 4) is 10.9 Å². The van der Waals surface area contributed by atoms with E-state index in [0.717, 1.165) is 28.8 Å². The van der Waals surface area contributed by atoms with Crippen LogP contribution >= 0.6 is 11.3 Å². The van der Waals surface area contributed by atoms with E-state index in [-0.39, 0.29) is 5.54 Å². The number of thiazole rings is 1. The minimum absolute atomic E-state index is 0.0462. The summed E-state index contributed by atoms with van der Waals surface area (Å²) < 4.78 is 7.05. The van der Waals surface area contributed by atoms with E-state index >= 15 is 0 Å². The van der Waals surface area contributed by atoms with Crippen LogP contribution in [0.1, 0.15) is 31.7 Å². The lowest BCUT2D eigenvalue weighted by molar-refractivity contribution is 0.354. The lowest BCUT2D eigenvalue weighted by Crippen LogP contribution is -2.43. The molecule has 1 atom stereocenters. The molecule has 4 heteroatoms. The molecule has 2 aromatic carbocycles. The first-order valence-electron chi connectivity index (χ1n) is 8.57. The topological polar surface area (TPSA) is 48.1 Å². The lowest BCUT2D eigenvalue weighted by Gasteiger charge is -2.28. The molecule has 1 heterocycles. The van der Waals surface area contributed by atoms with Crippen molar-refractivity contribution in [3.63, 3.8) is 0 Å². The molecule has 3 aromatic rings. The molecule has 0 bridgehead atoms. The summed E-state index contributed by atoms with van der Waals surface area (Å²) in [5.41, 5.74) is 8.81. The quantitative estimate of drug-likeness (QED) is 0.676. The Labute approximate surface area is 146 Å². The second kappa shape index (κ2) is 6.19. The molecule has 124 valence electrons. The Bertz CT molecular complexity index is 805. The third kappa shape index (κ3) is 3.17. The molecule has 0 amide bonds. The van der Waals surface area contributed by atoms with Crippen LogP contribution in [0.4, 0.5) is 0 Å². The van der Waals surface area contributed by atoms with Gasteiger partial charge in [0.2, 0.25) is 0 Å². The summed E-state index contributed by atoms with van der Waals surface area (Å²) in [6.45, 7) is 2.20. The van der Waals surface area contributed by atoms with Gasteiger partial charge in [-0.1, -0.05) is 42.5 Å². The van der Waals surface area contributed by atoms with Gasteiger partial charge in [0.25, 0.3) is 5.19 Å². The smallest absolute Gasteiger partial charge is 0.279 e. The number of hydrogen-bond acceptors (Lipinski definition) is 4. The zero-order chi connectivity index (χ0) is 16.6. The van der Waals surface area contributed by atoms with Crippen LogP contribution < -0.4 is 10.5 Å². The average Bonchev–Trinajstić information content (AvgIpc) is 3.38. The van der Waals surface area contributed by atoms with Crippen molar-refractivity contribution in [2.24, 2.45) is 11.7 Å². The molecule has 1 aromatic heterocycles. The van der Waals surface area contributed by atoms with E-state index in [0.29, 0.717) is 11.1 Å². The number of nitrogens with two attached hydrogens (primary N) is 1. The van der Waals surface area contributed by atoms with Crippen molar-refractivity contribution in [1.29, 1.82) is 0 Å². The molecule has 1 fully saturated rings. The van der Waals surface area contributed by atoms with Crippen molar-refractivity contribution < 1.29 is 4.74 Å². The number of hydrogen-bond donors (Lipinski definition) is 1. The summed E-state index contributed by atoms with van der Waals surface area (Å²) in [6, 6.07) is 16.4. The van der Waals surface area contributed by atoms with Gasteiger partial charge in [-0.2, -0.15) is 0 Å². The van der Waals surface area contributed by atoms with Crippen molar-refractivity contribution in [2.75, 3.05) is 0 Å². The summed E-state index contributed by atoms with van der Waals surface area (Å²) in [5.74, 6) is 1.52. The van der Waals surface area contributed by atoms with E-state index in [9.17, 15) is 0 Å². The molecule has 0 aliphatic heterocycles. The summed E-state index contributed by atoms with van der Waals surface area (Å²) in [4.78, 5) is 4.51. The van der Waals surface area contributed by atoms with E-state index in [4.69, 9.17) is 10.5 Å². The highest BCUT2D eigenvalue weighted by molar-refractivity contribution is 7.20. The van der Waals surface area contributed by atoms with Crippen LogP contribution in [-0.2, 0) is 6.42 Å². The fraction of sp³-hybridized carbons (Fsp3) is 0.350. The van der Waals surface area contributed by atoms with Crippen LogP contribution in [0.3, 0.4) is 0 Å². The number of ether oxygens (including phenoxy) is 1. The average molecular weight is 338 g/mol. The second-order valence-corrected chi connectivity index (χ2v) is 7.72. The van der Waals surface area contributed by atoms with Crippen LogP contribution in [0.2, 0.25) is 0 Å². The largest absolute Gasteiger partial charge is 0.431 e. The third-order valence-corrected chi connectivity index (χ3v) is 5.90. The van der Waals surface area contributed by atoms with Crippen molar-refractivity contribution >= 4 is 21.6 Å². The van der Waals surface area contributed by atoms with Gasteiger partial charge in [-0.15, -0.1) is 0 Å². The number of rotatable bonds is 6. The van der Waals surface area contributed by atoms with Gasteiger partial charge in [-0.05, 0) is 61.4 Å². The van der Waals surface area contributed by atoms with Crippen molar-refractivity contribution in [1.82, 2.24) is 4.98 Å². The van der Waals surface area contributed by atoms with Gasteiger partial charge in [0.15, 0.2) is 0 Å². The normalized spacial score (nSPS) is 16.9. The zero-order valence-corrected chi connectivity index (χ0v) is 14.7. The standard InChI is InChI=1S/C20H22N2OS/c1-2-20(21,15-9-10-15)13-14-7-11-16(12-8-14)23-19-22-17-5-3-4-6-18(17)24-19/h3-8,11-12,15H,2,9-10,13,21H2,1H3. The predicted molar refractivity (Wildman–Crippen MR) is 99.8 cm³/mol. The molecule has 1 saturated carbocycles. The molecule has 1 aliphatic carbocycles. The maximum absolute atomic E-state index is 6.60. The number of benzene rings is 2. The lowest BCUT2D eigenvalue weighted by atomic mass is 9.84. The maximum Gasteiger partial charge on any atom is 0.279 e. The zero-order valence-electron chi connectivity index (χ0n) is 13.9. The SMILES string of the molecule is CCC(N)(Cc1ccc(Oc2nc3ccccc3s2)cc1)C1CC1. The minimum Gasteiger partial charge on any atom is -0.431 e. The Hall–Kier alpha value is -1.91. The van der Waals surface area contributed by atoms with Crippen LogP contribution in [0.25, 0.3) is 10.2 Å². The summed E-state index contributed by atoms with van der Waals surface area (Å²) in [7, 11) is 0. The fourth-order valence-electron chi connectivity index (χ4n) is 3.27. The molecule has 2 N–H and O–H groups in total. The Balaban J connectivity index is 1.47. The highest BCUT2D eigenvalue weighted by atomic mass is 32.1. The molecular weight excluding hydrogens is 316 g/mol. The Morgan fingerprint density at radius 3 is 2.58 bits per heavy atom. The van der Waals surface area contributed by atoms with Gasteiger partial charge in [0.1, 0.15) is 5.75 Å². The molecule has 24 heavy (non-hydrogen) atoms. The molecule has 0 spiro atoms. The first-order valence-corrected chi connectivity index (χ1v) is 9.39. The van der Waals surface area contributed by atoms with Crippen molar-refractivity contribution in [2.45, 2.75) is 38.1 Å². The van der Waals surface area contributed by atoms with Crippen LogP contribution in [0, 0.1) is 5.92 Å². The number of aromatic nitrogens is 1. The van der Waals surface area contributed by atoms with Crippen molar-refractivity contribution in [3.05, 3.63) is 54.1 Å². The summed E-state index contributed by atoms with van der Waals surface area (Å²) in [5, 5.41) is 0.684. The monoisotopic (exact) mass is 338 g/mol. The van der Waals surface area contributed by atoms with E-state index in [1.807, 2.05) is 30.3 Å². The van der Waals surface area contributed by atoms with E-state index in [1.54, 1.807) is 11.3 Å². The molecule has 1 unspecified atom stereocenters. The van der Waals surface area contributed by atoms with Crippen LogP contribution in [0.15, 0.2) is 48.5 Å². The first kappa shape index (κ1) is 15.6. The highest BCUT2D eigenvalue weighted by Crippen LogP contribution is 2.42. The number of nitrogens with zero attached hydrogens (tertiary/aromatic N) is 1. The van der Waals surface area contributed by atoms with Gasteiger partial charge in [-0.3, -0.25) is 0 Å². The maximum atomic E-state index is 6.60. The van der Waals surface area contributed by atoms with Crippen LogP contribution in [0.5, 0.6) is 10.9 Å². The molecular formula is C20H22N2OS. The van der Waals surface area contributed by atoms with Gasteiger partial charge in [0, 0.05) is 5.54 Å². The van der Waals surface area contributed by atoms with E-state index in [2.05, 4.69) is 30.1 Å². The number of fused-ring (bicyclic) bond motifs is 1. The Morgan fingerprint density at radius 1 is 1.17 bits per heavy atom. The molecule has 4 rings (SSSR count). The second-order valence-electron chi connectivity index (χ2n) is 6.73.